The van der Waals surface area contributed by atoms with Crippen LogP contribution in [0, 0.1) is 11.3 Å². The fraction of sp³-hybridized carbons (Fsp3) is 0.462. The number of nitriles is 1. The van der Waals surface area contributed by atoms with Crippen molar-refractivity contribution < 1.29 is 4.74 Å². The first-order chi connectivity index (χ1) is 8.65. The SMILES string of the molecule is COc1cc(N2CCN(C)CC2)c(C#N)cc1N. The number of nitrogens with two attached hydrogens (primary N) is 1. The van der Waals surface area contributed by atoms with Crippen LogP contribution in [0.25, 0.3) is 0 Å². The van der Waals surface area contributed by atoms with E-state index in [9.17, 15) is 5.26 Å². The Bertz CT molecular complexity index is 473. The third kappa shape index (κ3) is 2.34. The standard InChI is InChI=1S/C13H18N4O/c1-16-3-5-17(6-4-16)12-8-13(18-2)11(15)7-10(12)9-14/h7-8H,3-6,15H2,1-2H3. The molecule has 18 heavy (non-hydrogen) atoms. The Hall–Kier alpha value is -1.93. The molecule has 0 bridgehead atoms. The minimum atomic E-state index is 0.506. The maximum absolute atomic E-state index is 9.21. The quantitative estimate of drug-likeness (QED) is 0.785. The second kappa shape index (κ2) is 5.15. The lowest BCUT2D eigenvalue weighted by molar-refractivity contribution is 0.312. The van der Waals surface area contributed by atoms with E-state index in [1.165, 1.54) is 0 Å². The monoisotopic (exact) mass is 246 g/mol. The molecule has 1 aromatic carbocycles. The van der Waals surface area contributed by atoms with Crippen LogP contribution in [0.15, 0.2) is 12.1 Å². The second-order valence-electron chi connectivity index (χ2n) is 4.51. The summed E-state index contributed by atoms with van der Waals surface area (Å²) in [4.78, 5) is 4.48. The van der Waals surface area contributed by atoms with Crippen molar-refractivity contribution in [3.8, 4) is 11.8 Å². The number of nitrogen functional groups attached to an aromatic ring is 1. The second-order valence-corrected chi connectivity index (χ2v) is 4.51. The minimum Gasteiger partial charge on any atom is -0.495 e. The lowest BCUT2D eigenvalue weighted by atomic mass is 10.1. The molecule has 1 fully saturated rings. The Labute approximate surface area is 107 Å². The van der Waals surface area contributed by atoms with Gasteiger partial charge in [-0.3, -0.25) is 0 Å². The van der Waals surface area contributed by atoms with Crippen LogP contribution in [-0.2, 0) is 0 Å². The van der Waals surface area contributed by atoms with E-state index in [2.05, 4.69) is 22.9 Å². The highest BCUT2D eigenvalue weighted by Crippen LogP contribution is 2.31. The smallest absolute Gasteiger partial charge is 0.143 e. The molecule has 0 amide bonds. The fourth-order valence-electron chi connectivity index (χ4n) is 2.16. The van der Waals surface area contributed by atoms with Gasteiger partial charge in [-0.05, 0) is 13.1 Å². The van der Waals surface area contributed by atoms with Crippen molar-refractivity contribution in [2.24, 2.45) is 0 Å². The van der Waals surface area contributed by atoms with E-state index < -0.39 is 0 Å². The summed E-state index contributed by atoms with van der Waals surface area (Å²) in [7, 11) is 3.69. The Morgan fingerprint density at radius 3 is 2.50 bits per heavy atom. The summed E-state index contributed by atoms with van der Waals surface area (Å²) in [5.41, 5.74) is 7.85. The van der Waals surface area contributed by atoms with Crippen molar-refractivity contribution in [3.05, 3.63) is 17.7 Å². The summed E-state index contributed by atoms with van der Waals surface area (Å²) in [6.45, 7) is 3.83. The summed E-state index contributed by atoms with van der Waals surface area (Å²) in [6.07, 6.45) is 0. The Balaban J connectivity index is 2.34. The van der Waals surface area contributed by atoms with Gasteiger partial charge in [0.25, 0.3) is 0 Å². The van der Waals surface area contributed by atoms with E-state index in [1.54, 1.807) is 13.2 Å². The number of hydrogen-bond acceptors (Lipinski definition) is 5. The van der Waals surface area contributed by atoms with Crippen molar-refractivity contribution in [2.75, 3.05) is 51.0 Å². The molecule has 2 N–H and O–H groups in total. The van der Waals surface area contributed by atoms with Crippen molar-refractivity contribution in [1.82, 2.24) is 4.90 Å². The van der Waals surface area contributed by atoms with Crippen LogP contribution in [0.3, 0.4) is 0 Å². The molecule has 5 heteroatoms. The van der Waals surface area contributed by atoms with Gasteiger partial charge < -0.3 is 20.3 Å². The van der Waals surface area contributed by atoms with Gasteiger partial charge in [0.05, 0.1) is 24.0 Å². The molecule has 5 nitrogen and oxygen atoms in total. The van der Waals surface area contributed by atoms with Gasteiger partial charge >= 0.3 is 0 Å². The Kier molecular flexibility index (Phi) is 3.58. The van der Waals surface area contributed by atoms with E-state index in [4.69, 9.17) is 10.5 Å². The molecular formula is C13H18N4O. The van der Waals surface area contributed by atoms with Crippen molar-refractivity contribution >= 4 is 11.4 Å². The van der Waals surface area contributed by atoms with Crippen LogP contribution in [0.2, 0.25) is 0 Å². The van der Waals surface area contributed by atoms with Gasteiger partial charge in [0, 0.05) is 32.2 Å². The average Bonchev–Trinajstić information content (AvgIpc) is 2.39. The Morgan fingerprint density at radius 2 is 1.94 bits per heavy atom. The number of anilines is 2. The highest BCUT2D eigenvalue weighted by Gasteiger charge is 2.18. The molecular weight excluding hydrogens is 228 g/mol. The van der Waals surface area contributed by atoms with Gasteiger partial charge in [-0.1, -0.05) is 0 Å². The van der Waals surface area contributed by atoms with E-state index in [-0.39, 0.29) is 0 Å². The number of nitrogens with zero attached hydrogens (tertiary/aromatic N) is 3. The first-order valence-corrected chi connectivity index (χ1v) is 5.97. The molecule has 0 atom stereocenters. The van der Waals surface area contributed by atoms with Crippen molar-refractivity contribution in [3.63, 3.8) is 0 Å². The maximum Gasteiger partial charge on any atom is 0.143 e. The van der Waals surface area contributed by atoms with Gasteiger partial charge in [0.2, 0.25) is 0 Å². The van der Waals surface area contributed by atoms with Gasteiger partial charge in [-0.2, -0.15) is 5.26 Å². The number of methoxy groups -OCH3 is 1. The van der Waals surface area contributed by atoms with Gasteiger partial charge in [0.15, 0.2) is 0 Å². The van der Waals surface area contributed by atoms with Crippen LogP contribution in [0.4, 0.5) is 11.4 Å². The van der Waals surface area contributed by atoms with E-state index in [0.717, 1.165) is 31.9 Å². The zero-order valence-electron chi connectivity index (χ0n) is 10.8. The zero-order chi connectivity index (χ0) is 13.1. The van der Waals surface area contributed by atoms with Crippen LogP contribution >= 0.6 is 0 Å². The summed E-state index contributed by atoms with van der Waals surface area (Å²) >= 11 is 0. The molecule has 96 valence electrons. The first-order valence-electron chi connectivity index (χ1n) is 5.97. The summed E-state index contributed by atoms with van der Waals surface area (Å²) in [5, 5.41) is 9.21. The lowest BCUT2D eigenvalue weighted by Gasteiger charge is -2.34. The van der Waals surface area contributed by atoms with E-state index >= 15 is 0 Å². The number of ether oxygens (including phenoxy) is 1. The molecule has 1 saturated heterocycles. The molecule has 2 rings (SSSR count). The summed E-state index contributed by atoms with van der Waals surface area (Å²) in [6, 6.07) is 5.75. The molecule has 1 aliphatic heterocycles. The Morgan fingerprint density at radius 1 is 1.28 bits per heavy atom. The third-order valence-corrected chi connectivity index (χ3v) is 3.31. The molecule has 0 radical (unpaired) electrons. The lowest BCUT2D eigenvalue weighted by Crippen LogP contribution is -2.44. The third-order valence-electron chi connectivity index (χ3n) is 3.31. The largest absolute Gasteiger partial charge is 0.495 e. The van der Waals surface area contributed by atoms with Gasteiger partial charge in [0.1, 0.15) is 11.8 Å². The summed E-state index contributed by atoms with van der Waals surface area (Å²) in [5.74, 6) is 0.628. The molecule has 1 aromatic rings. The number of piperazine rings is 1. The van der Waals surface area contributed by atoms with Crippen LogP contribution < -0.4 is 15.4 Å². The summed E-state index contributed by atoms with van der Waals surface area (Å²) < 4.78 is 5.23. The predicted octanol–water partition coefficient (Wildman–Crippen LogP) is 0.901. The molecule has 0 aliphatic carbocycles. The van der Waals surface area contributed by atoms with Crippen molar-refractivity contribution in [2.45, 2.75) is 0 Å². The normalized spacial score (nSPS) is 16.4. The number of benzene rings is 1. The van der Waals surface area contributed by atoms with Crippen LogP contribution in [0.5, 0.6) is 5.75 Å². The number of hydrogen-bond donors (Lipinski definition) is 1. The fourth-order valence-corrected chi connectivity index (χ4v) is 2.16. The zero-order valence-corrected chi connectivity index (χ0v) is 10.8. The van der Waals surface area contributed by atoms with Gasteiger partial charge in [-0.15, -0.1) is 0 Å². The molecule has 1 heterocycles. The first kappa shape index (κ1) is 12.5. The minimum absolute atomic E-state index is 0.506. The molecule has 0 aromatic heterocycles. The molecule has 1 aliphatic rings. The van der Waals surface area contributed by atoms with Crippen LogP contribution in [-0.4, -0.2) is 45.2 Å². The number of rotatable bonds is 2. The van der Waals surface area contributed by atoms with Crippen LogP contribution in [0.1, 0.15) is 5.56 Å². The van der Waals surface area contributed by atoms with Crippen molar-refractivity contribution in [1.29, 1.82) is 5.26 Å². The highest BCUT2D eigenvalue weighted by molar-refractivity contribution is 5.70. The molecule has 0 unspecified atom stereocenters. The van der Waals surface area contributed by atoms with E-state index in [0.29, 0.717) is 17.0 Å². The molecule has 0 spiro atoms. The maximum atomic E-state index is 9.21. The molecule has 0 saturated carbocycles. The topological polar surface area (TPSA) is 65.5 Å². The highest BCUT2D eigenvalue weighted by atomic mass is 16.5. The van der Waals surface area contributed by atoms with E-state index in [1.807, 2.05) is 6.07 Å². The number of likely N-dealkylation sites (N-methyl/N-ethyl adjacent to an activating group) is 1. The predicted molar refractivity (Wildman–Crippen MR) is 71.8 cm³/mol. The average molecular weight is 246 g/mol. The van der Waals surface area contributed by atoms with Gasteiger partial charge in [-0.25, -0.2) is 0 Å².